The first-order valence-corrected chi connectivity index (χ1v) is 6.86. The van der Waals surface area contributed by atoms with Crippen LogP contribution in [0.2, 0.25) is 0 Å². The molecule has 0 atom stereocenters. The number of ether oxygens (including phenoxy) is 2. The summed E-state index contributed by atoms with van der Waals surface area (Å²) in [7, 11) is 0. The number of rotatable bonds is 5. The molecular formula is C15H22O3. The molecule has 0 radical (unpaired) electrons. The molecule has 1 aromatic carbocycles. The minimum Gasteiger partial charge on any atom is -0.490 e. The van der Waals surface area contributed by atoms with Gasteiger partial charge in [-0.25, -0.2) is 0 Å². The lowest BCUT2D eigenvalue weighted by Crippen LogP contribution is -2.20. The predicted molar refractivity (Wildman–Crippen MR) is 71.0 cm³/mol. The van der Waals surface area contributed by atoms with Crippen LogP contribution < -0.4 is 9.47 Å². The first-order chi connectivity index (χ1) is 8.83. The van der Waals surface area contributed by atoms with E-state index in [2.05, 4.69) is 0 Å². The Kier molecular flexibility index (Phi) is 4.88. The molecule has 0 amide bonds. The van der Waals surface area contributed by atoms with E-state index in [4.69, 9.17) is 14.6 Å². The third-order valence-electron chi connectivity index (χ3n) is 3.34. The Morgan fingerprint density at radius 2 is 1.94 bits per heavy atom. The molecule has 1 saturated carbocycles. The zero-order valence-electron chi connectivity index (χ0n) is 11.0. The van der Waals surface area contributed by atoms with E-state index in [-0.39, 0.29) is 6.61 Å². The molecule has 0 spiro atoms. The van der Waals surface area contributed by atoms with Crippen LogP contribution in [-0.4, -0.2) is 17.8 Å². The minimum absolute atomic E-state index is 0.0315. The van der Waals surface area contributed by atoms with Crippen LogP contribution in [0.15, 0.2) is 18.2 Å². The fourth-order valence-electron chi connectivity index (χ4n) is 2.38. The highest BCUT2D eigenvalue weighted by atomic mass is 16.5. The molecule has 3 heteroatoms. The third kappa shape index (κ3) is 3.39. The molecule has 0 aliphatic heterocycles. The Labute approximate surface area is 109 Å². The van der Waals surface area contributed by atoms with Crippen molar-refractivity contribution in [1.29, 1.82) is 0 Å². The lowest BCUT2D eigenvalue weighted by atomic mass is 9.98. The molecule has 18 heavy (non-hydrogen) atoms. The summed E-state index contributed by atoms with van der Waals surface area (Å²) in [4.78, 5) is 0. The number of aliphatic hydroxyl groups excluding tert-OH is 1. The second-order valence-corrected chi connectivity index (χ2v) is 4.75. The summed E-state index contributed by atoms with van der Waals surface area (Å²) < 4.78 is 11.6. The highest BCUT2D eigenvalue weighted by molar-refractivity contribution is 5.43. The molecule has 1 aromatic rings. The van der Waals surface area contributed by atoms with Gasteiger partial charge in [0, 0.05) is 0 Å². The molecule has 1 aliphatic rings. The van der Waals surface area contributed by atoms with Gasteiger partial charge in [-0.05, 0) is 50.3 Å². The molecular weight excluding hydrogens is 228 g/mol. The number of hydrogen-bond acceptors (Lipinski definition) is 3. The molecule has 0 aromatic heterocycles. The number of hydrogen-bond donors (Lipinski definition) is 1. The molecule has 3 nitrogen and oxygen atoms in total. The van der Waals surface area contributed by atoms with E-state index in [1.165, 1.54) is 19.3 Å². The lowest BCUT2D eigenvalue weighted by Gasteiger charge is -2.24. The van der Waals surface area contributed by atoms with E-state index in [0.29, 0.717) is 12.7 Å². The normalized spacial score (nSPS) is 16.6. The van der Waals surface area contributed by atoms with Crippen molar-refractivity contribution in [3.63, 3.8) is 0 Å². The van der Waals surface area contributed by atoms with Gasteiger partial charge in [0.1, 0.15) is 0 Å². The van der Waals surface area contributed by atoms with Crippen LogP contribution in [0.4, 0.5) is 0 Å². The summed E-state index contributed by atoms with van der Waals surface area (Å²) in [6, 6.07) is 5.66. The van der Waals surface area contributed by atoms with E-state index < -0.39 is 0 Å². The maximum atomic E-state index is 9.15. The van der Waals surface area contributed by atoms with Gasteiger partial charge in [0.25, 0.3) is 0 Å². The van der Waals surface area contributed by atoms with Gasteiger partial charge in [0.2, 0.25) is 0 Å². The molecule has 0 bridgehead atoms. The maximum absolute atomic E-state index is 9.15. The second-order valence-electron chi connectivity index (χ2n) is 4.75. The summed E-state index contributed by atoms with van der Waals surface area (Å²) in [6.07, 6.45) is 6.41. The summed E-state index contributed by atoms with van der Waals surface area (Å²) >= 11 is 0. The maximum Gasteiger partial charge on any atom is 0.161 e. The molecule has 0 saturated heterocycles. The van der Waals surface area contributed by atoms with E-state index >= 15 is 0 Å². The largest absolute Gasteiger partial charge is 0.490 e. The van der Waals surface area contributed by atoms with E-state index in [1.54, 1.807) is 0 Å². The van der Waals surface area contributed by atoms with Crippen molar-refractivity contribution >= 4 is 0 Å². The first-order valence-electron chi connectivity index (χ1n) is 6.86. The van der Waals surface area contributed by atoms with Crippen molar-refractivity contribution in [2.45, 2.75) is 51.7 Å². The lowest BCUT2D eigenvalue weighted by molar-refractivity contribution is 0.147. The standard InChI is InChI=1S/C15H22O3/c1-2-17-15-10-12(11-16)8-9-14(15)18-13-6-4-3-5-7-13/h8-10,13,16H,2-7,11H2,1H3. The second kappa shape index (κ2) is 6.64. The Morgan fingerprint density at radius 1 is 1.17 bits per heavy atom. The van der Waals surface area contributed by atoms with Crippen LogP contribution in [-0.2, 0) is 6.61 Å². The average Bonchev–Trinajstić information content (AvgIpc) is 2.42. The van der Waals surface area contributed by atoms with E-state index in [9.17, 15) is 0 Å². The monoisotopic (exact) mass is 250 g/mol. The van der Waals surface area contributed by atoms with Crippen molar-refractivity contribution in [2.75, 3.05) is 6.61 Å². The summed E-state index contributed by atoms with van der Waals surface area (Å²) in [5.74, 6) is 1.55. The van der Waals surface area contributed by atoms with Gasteiger partial charge >= 0.3 is 0 Å². The van der Waals surface area contributed by atoms with Gasteiger partial charge in [-0.1, -0.05) is 12.5 Å². The van der Waals surface area contributed by atoms with Crippen LogP contribution in [0.1, 0.15) is 44.6 Å². The van der Waals surface area contributed by atoms with Gasteiger partial charge in [-0.15, -0.1) is 0 Å². The van der Waals surface area contributed by atoms with Crippen molar-refractivity contribution in [2.24, 2.45) is 0 Å². The highest BCUT2D eigenvalue weighted by Crippen LogP contribution is 2.32. The quantitative estimate of drug-likeness (QED) is 0.871. The third-order valence-corrected chi connectivity index (χ3v) is 3.34. The Morgan fingerprint density at radius 3 is 2.61 bits per heavy atom. The number of aliphatic hydroxyl groups is 1. The van der Waals surface area contributed by atoms with E-state index in [1.807, 2.05) is 25.1 Å². The van der Waals surface area contributed by atoms with Crippen LogP contribution in [0.25, 0.3) is 0 Å². The summed E-state index contributed by atoms with van der Waals surface area (Å²) in [5, 5.41) is 9.15. The van der Waals surface area contributed by atoms with Crippen molar-refractivity contribution in [3.05, 3.63) is 23.8 Å². The van der Waals surface area contributed by atoms with Crippen LogP contribution in [0.3, 0.4) is 0 Å². The van der Waals surface area contributed by atoms with Gasteiger partial charge in [0.05, 0.1) is 19.3 Å². The van der Waals surface area contributed by atoms with Crippen LogP contribution in [0, 0.1) is 0 Å². The van der Waals surface area contributed by atoms with Gasteiger partial charge in [0.15, 0.2) is 11.5 Å². The zero-order valence-corrected chi connectivity index (χ0v) is 11.0. The Hall–Kier alpha value is -1.22. The smallest absolute Gasteiger partial charge is 0.161 e. The van der Waals surface area contributed by atoms with Crippen molar-refractivity contribution in [1.82, 2.24) is 0 Å². The van der Waals surface area contributed by atoms with Crippen molar-refractivity contribution in [3.8, 4) is 11.5 Å². The predicted octanol–water partition coefficient (Wildman–Crippen LogP) is 3.29. The van der Waals surface area contributed by atoms with Gasteiger partial charge in [-0.2, -0.15) is 0 Å². The number of benzene rings is 1. The molecule has 2 rings (SSSR count). The minimum atomic E-state index is 0.0315. The molecule has 0 heterocycles. The molecule has 1 N–H and O–H groups in total. The topological polar surface area (TPSA) is 38.7 Å². The average molecular weight is 250 g/mol. The zero-order chi connectivity index (χ0) is 12.8. The van der Waals surface area contributed by atoms with Gasteiger partial charge in [-0.3, -0.25) is 0 Å². The first kappa shape index (κ1) is 13.2. The highest BCUT2D eigenvalue weighted by Gasteiger charge is 2.17. The van der Waals surface area contributed by atoms with Gasteiger partial charge < -0.3 is 14.6 Å². The fraction of sp³-hybridized carbons (Fsp3) is 0.600. The van der Waals surface area contributed by atoms with E-state index in [0.717, 1.165) is 29.9 Å². The Bertz CT molecular complexity index is 370. The summed E-state index contributed by atoms with van der Waals surface area (Å²) in [6.45, 7) is 2.59. The summed E-state index contributed by atoms with van der Waals surface area (Å²) in [5.41, 5.74) is 0.856. The van der Waals surface area contributed by atoms with Crippen molar-refractivity contribution < 1.29 is 14.6 Å². The van der Waals surface area contributed by atoms with Crippen LogP contribution in [0.5, 0.6) is 11.5 Å². The molecule has 1 aliphatic carbocycles. The fourth-order valence-corrected chi connectivity index (χ4v) is 2.38. The Balaban J connectivity index is 2.09. The molecule has 100 valence electrons. The van der Waals surface area contributed by atoms with Crippen LogP contribution >= 0.6 is 0 Å². The molecule has 1 fully saturated rings. The SMILES string of the molecule is CCOc1cc(CO)ccc1OC1CCCCC1. The molecule has 0 unspecified atom stereocenters.